The van der Waals surface area contributed by atoms with Gasteiger partial charge >= 0.3 is 7.82 Å². The predicted octanol–water partition coefficient (Wildman–Crippen LogP) is -0.110. The van der Waals surface area contributed by atoms with Crippen molar-refractivity contribution in [3.8, 4) is 17.2 Å². The number of aromatic hydroxyl groups is 1. The van der Waals surface area contributed by atoms with Crippen molar-refractivity contribution in [2.75, 3.05) is 26.1 Å². The molecule has 0 saturated carbocycles. The molecule has 16 heteroatoms. The molecule has 4 atom stereocenters. The lowest BCUT2D eigenvalue weighted by Crippen LogP contribution is -2.33. The Morgan fingerprint density at radius 1 is 1.14 bits per heavy atom. The maximum absolute atomic E-state index is 11.0. The Morgan fingerprint density at radius 2 is 1.91 bits per heavy atom. The molecule has 6 N–H and O–H groups in total. The second-order valence-electron chi connectivity index (χ2n) is 7.53. The second-order valence-corrected chi connectivity index (χ2v) is 8.77. The van der Waals surface area contributed by atoms with Crippen LogP contribution in [0, 0.1) is 0 Å². The van der Waals surface area contributed by atoms with Crippen LogP contribution in [-0.2, 0) is 20.4 Å². The fraction of sp³-hybridized carbons (Fsp3) is 0.421. The molecule has 35 heavy (non-hydrogen) atoms. The number of phosphoric ester groups is 1. The Labute approximate surface area is 198 Å². The largest absolute Gasteiger partial charge is 0.507 e. The van der Waals surface area contributed by atoms with Gasteiger partial charge in [0.1, 0.15) is 30.4 Å². The quantitative estimate of drug-likeness (QED) is 0.206. The summed E-state index contributed by atoms with van der Waals surface area (Å²) in [5.74, 6) is 1.05. The maximum atomic E-state index is 11.0. The van der Waals surface area contributed by atoms with E-state index >= 15 is 0 Å². The van der Waals surface area contributed by atoms with Gasteiger partial charge in [0.05, 0.1) is 32.7 Å². The van der Waals surface area contributed by atoms with Crippen LogP contribution < -0.4 is 14.8 Å². The smallest absolute Gasteiger partial charge is 0.469 e. The van der Waals surface area contributed by atoms with Crippen LogP contribution in [0.5, 0.6) is 17.2 Å². The van der Waals surface area contributed by atoms with Crippen molar-refractivity contribution in [2.45, 2.75) is 31.1 Å². The van der Waals surface area contributed by atoms with Crippen LogP contribution >= 0.6 is 7.82 Å². The van der Waals surface area contributed by atoms with Crippen molar-refractivity contribution in [3.05, 3.63) is 30.4 Å². The molecule has 0 bridgehead atoms. The van der Waals surface area contributed by atoms with E-state index in [0.717, 1.165) is 0 Å². The third kappa shape index (κ3) is 5.01. The molecule has 0 spiro atoms. The first-order valence-corrected chi connectivity index (χ1v) is 11.7. The van der Waals surface area contributed by atoms with Crippen LogP contribution in [0.25, 0.3) is 11.2 Å². The maximum Gasteiger partial charge on any atom is 0.469 e. The summed E-state index contributed by atoms with van der Waals surface area (Å²) in [5, 5.41) is 34.1. The molecule has 2 aromatic heterocycles. The number of phenols is 1. The van der Waals surface area contributed by atoms with Crippen molar-refractivity contribution >= 4 is 24.8 Å². The number of nitrogens with one attached hydrogen (secondary N) is 1. The summed E-state index contributed by atoms with van der Waals surface area (Å²) in [5.41, 5.74) is 0.967. The second kappa shape index (κ2) is 9.91. The number of aromatic nitrogens is 4. The van der Waals surface area contributed by atoms with Crippen LogP contribution in [0.15, 0.2) is 24.8 Å². The molecule has 3 aromatic rings. The molecular formula is C19H24N5O10P. The minimum Gasteiger partial charge on any atom is -0.507 e. The molecule has 1 aromatic carbocycles. The zero-order valence-electron chi connectivity index (χ0n) is 18.5. The summed E-state index contributed by atoms with van der Waals surface area (Å²) < 4.78 is 32.9. The van der Waals surface area contributed by atoms with Crippen LogP contribution in [0.3, 0.4) is 0 Å². The summed E-state index contributed by atoms with van der Waals surface area (Å²) >= 11 is 0. The van der Waals surface area contributed by atoms with Crippen molar-refractivity contribution in [1.29, 1.82) is 0 Å². The number of methoxy groups -OCH3 is 2. The predicted molar refractivity (Wildman–Crippen MR) is 118 cm³/mol. The third-order valence-electron chi connectivity index (χ3n) is 5.43. The Balaban J connectivity index is 1.57. The van der Waals surface area contributed by atoms with Gasteiger partial charge in [0.15, 0.2) is 34.7 Å². The van der Waals surface area contributed by atoms with Crippen molar-refractivity contribution in [2.24, 2.45) is 0 Å². The molecule has 1 saturated heterocycles. The Morgan fingerprint density at radius 3 is 2.60 bits per heavy atom. The number of hydrogen-bond acceptors (Lipinski definition) is 12. The summed E-state index contributed by atoms with van der Waals surface area (Å²) in [7, 11) is -1.87. The molecule has 4 rings (SSSR count). The Kier molecular flexibility index (Phi) is 7.10. The SMILES string of the molecule is COc1ccc(O)c(CNc2ncnc3c2ncn3[C@@H]2O[C@H](COP(=O)(O)O)[C@@H](O)[C@H]2O)c1OC. The van der Waals surface area contributed by atoms with E-state index in [1.165, 1.54) is 37.5 Å². The zero-order valence-corrected chi connectivity index (χ0v) is 19.4. The summed E-state index contributed by atoms with van der Waals surface area (Å²) in [6.07, 6.45) is -2.73. The molecular weight excluding hydrogens is 489 g/mol. The number of nitrogens with zero attached hydrogens (tertiary/aromatic N) is 4. The minimum absolute atomic E-state index is 0.0222. The number of phenolic OH excluding ortho intramolecular Hbond substituents is 1. The minimum atomic E-state index is -4.79. The zero-order chi connectivity index (χ0) is 25.3. The number of fused-ring (bicyclic) bond motifs is 1. The number of rotatable bonds is 9. The summed E-state index contributed by atoms with van der Waals surface area (Å²) in [4.78, 5) is 30.4. The monoisotopic (exact) mass is 513 g/mol. The highest BCUT2D eigenvalue weighted by Crippen LogP contribution is 2.39. The van der Waals surface area contributed by atoms with E-state index in [0.29, 0.717) is 28.4 Å². The van der Waals surface area contributed by atoms with E-state index in [2.05, 4.69) is 24.8 Å². The molecule has 0 radical (unpaired) electrons. The highest BCUT2D eigenvalue weighted by atomic mass is 31.2. The highest BCUT2D eigenvalue weighted by molar-refractivity contribution is 7.46. The Bertz CT molecular complexity index is 1250. The van der Waals surface area contributed by atoms with E-state index in [4.69, 9.17) is 24.0 Å². The van der Waals surface area contributed by atoms with Gasteiger partial charge in [0, 0.05) is 6.54 Å². The van der Waals surface area contributed by atoms with Crippen LogP contribution in [0.1, 0.15) is 11.8 Å². The van der Waals surface area contributed by atoms with E-state index in [9.17, 15) is 19.9 Å². The first-order valence-electron chi connectivity index (χ1n) is 10.2. The van der Waals surface area contributed by atoms with E-state index in [1.54, 1.807) is 6.07 Å². The standard InChI is InChI=1S/C19H24N5O10P/c1-31-11-4-3-10(25)9(16(11)32-2)5-20-17-13-18(22-7-21-17)24(8-23-13)19-15(27)14(26)12(34-19)6-33-35(28,29)30/h3-4,7-8,12,14-15,19,25-27H,5-6H2,1-2H3,(H,20,21,22)(H2,28,29,30)/t12-,14-,15-,19-/m1/s1. The molecule has 190 valence electrons. The number of phosphoric acid groups is 1. The number of hydrogen-bond donors (Lipinski definition) is 6. The molecule has 3 heterocycles. The molecule has 0 amide bonds. The highest BCUT2D eigenvalue weighted by Gasteiger charge is 2.45. The average Bonchev–Trinajstić information content (AvgIpc) is 3.37. The molecule has 1 fully saturated rings. The topological polar surface area (TPSA) is 211 Å². The molecule has 0 unspecified atom stereocenters. The van der Waals surface area contributed by atoms with Gasteiger partial charge in [-0.1, -0.05) is 0 Å². The van der Waals surface area contributed by atoms with Crippen LogP contribution in [0.4, 0.5) is 5.82 Å². The van der Waals surface area contributed by atoms with Gasteiger partial charge in [-0.25, -0.2) is 19.5 Å². The molecule has 0 aliphatic carbocycles. The lowest BCUT2D eigenvalue weighted by atomic mass is 10.1. The van der Waals surface area contributed by atoms with Gasteiger partial charge < -0.3 is 44.6 Å². The molecule has 15 nitrogen and oxygen atoms in total. The number of imidazole rings is 1. The third-order valence-corrected chi connectivity index (χ3v) is 5.92. The van der Waals surface area contributed by atoms with Gasteiger partial charge in [-0.2, -0.15) is 0 Å². The van der Waals surface area contributed by atoms with Crippen molar-refractivity contribution in [3.63, 3.8) is 0 Å². The van der Waals surface area contributed by atoms with Gasteiger partial charge in [0.25, 0.3) is 0 Å². The van der Waals surface area contributed by atoms with E-state index in [-0.39, 0.29) is 17.9 Å². The van der Waals surface area contributed by atoms with Gasteiger partial charge in [-0.15, -0.1) is 0 Å². The van der Waals surface area contributed by atoms with E-state index < -0.39 is 39.0 Å². The van der Waals surface area contributed by atoms with Crippen LogP contribution in [-0.4, -0.2) is 83.8 Å². The van der Waals surface area contributed by atoms with Crippen LogP contribution in [0.2, 0.25) is 0 Å². The van der Waals surface area contributed by atoms with Gasteiger partial charge in [-0.05, 0) is 12.1 Å². The first-order chi connectivity index (χ1) is 16.6. The molecule has 1 aliphatic heterocycles. The normalized spacial score (nSPS) is 22.5. The van der Waals surface area contributed by atoms with Crippen molar-refractivity contribution in [1.82, 2.24) is 19.5 Å². The van der Waals surface area contributed by atoms with Gasteiger partial charge in [-0.3, -0.25) is 9.09 Å². The number of benzene rings is 1. The van der Waals surface area contributed by atoms with Gasteiger partial charge in [0.2, 0.25) is 0 Å². The molecule has 1 aliphatic rings. The lowest BCUT2D eigenvalue weighted by Gasteiger charge is -2.17. The average molecular weight is 513 g/mol. The number of aliphatic hydroxyl groups is 2. The Hall–Kier alpha value is -3.04. The summed E-state index contributed by atoms with van der Waals surface area (Å²) in [6.45, 7) is -0.548. The fourth-order valence-electron chi connectivity index (χ4n) is 3.76. The number of aliphatic hydroxyl groups excluding tert-OH is 2. The fourth-order valence-corrected chi connectivity index (χ4v) is 4.10. The summed E-state index contributed by atoms with van der Waals surface area (Å²) in [6, 6.07) is 3.04. The number of ether oxygens (including phenoxy) is 3. The first kappa shape index (κ1) is 25.1. The number of anilines is 1. The van der Waals surface area contributed by atoms with E-state index in [1.807, 2.05) is 0 Å². The van der Waals surface area contributed by atoms with Crippen molar-refractivity contribution < 1.29 is 48.4 Å². The lowest BCUT2D eigenvalue weighted by molar-refractivity contribution is -0.0504.